The van der Waals surface area contributed by atoms with Crippen LogP contribution in [0, 0.1) is 5.92 Å². The summed E-state index contributed by atoms with van der Waals surface area (Å²) in [4.78, 5) is 50.3. The molecule has 4 N–H and O–H groups in total. The molecule has 0 unspecified atom stereocenters. The van der Waals surface area contributed by atoms with Gasteiger partial charge in [0.15, 0.2) is 5.82 Å². The van der Waals surface area contributed by atoms with Crippen molar-refractivity contribution in [3.63, 3.8) is 0 Å². The molecule has 0 radical (unpaired) electrons. The van der Waals surface area contributed by atoms with E-state index in [1.807, 2.05) is 4.90 Å². The van der Waals surface area contributed by atoms with Crippen LogP contribution in [0.1, 0.15) is 31.9 Å². The molecular formula is C22H28F2N10O2. The number of halogens is 2. The molecule has 2 aliphatic rings. The van der Waals surface area contributed by atoms with Crippen molar-refractivity contribution in [2.24, 2.45) is 5.92 Å². The Hall–Kier alpha value is -3.97. The minimum Gasteiger partial charge on any atom is -0.368 e. The number of nitrogens with zero attached hydrogens (tertiary/aromatic N) is 8. The lowest BCUT2D eigenvalue weighted by Gasteiger charge is -2.38. The number of carbonyl (C=O) groups excluding carboxylic acids is 2. The molecule has 2 amide bonds. The average molecular weight is 503 g/mol. The minimum absolute atomic E-state index is 0.0285. The zero-order valence-electron chi connectivity index (χ0n) is 19.8. The first-order valence-corrected chi connectivity index (χ1v) is 11.6. The van der Waals surface area contributed by atoms with Crippen LogP contribution in [0.4, 0.5) is 26.6 Å². The van der Waals surface area contributed by atoms with Crippen LogP contribution in [-0.4, -0.2) is 85.8 Å². The third-order valence-electron chi connectivity index (χ3n) is 6.26. The Balaban J connectivity index is 1.40. The molecule has 2 aromatic rings. The normalized spacial score (nSPS) is 17.3. The van der Waals surface area contributed by atoms with Gasteiger partial charge in [0.2, 0.25) is 29.7 Å². The van der Waals surface area contributed by atoms with Crippen LogP contribution >= 0.6 is 0 Å². The maximum Gasteiger partial charge on any atom is 0.281 e. The fourth-order valence-corrected chi connectivity index (χ4v) is 4.37. The van der Waals surface area contributed by atoms with Gasteiger partial charge in [0, 0.05) is 51.4 Å². The lowest BCUT2D eigenvalue weighted by molar-refractivity contribution is -0.139. The highest BCUT2D eigenvalue weighted by molar-refractivity contribution is 5.88. The van der Waals surface area contributed by atoms with E-state index in [1.54, 1.807) is 22.8 Å². The number of amides is 2. The smallest absolute Gasteiger partial charge is 0.281 e. The number of likely N-dealkylation sites (tertiary alicyclic amines) is 1. The van der Waals surface area contributed by atoms with Gasteiger partial charge in [-0.3, -0.25) is 9.59 Å². The SMILES string of the molecule is C/C=C/C(=O)N1CCC(C(=O)N2CCN(c3nc(N)nc(-c4cnc(N)nc4C(F)F)n3)CC2)CC1. The number of nitrogen functional groups attached to an aromatic ring is 2. The zero-order chi connectivity index (χ0) is 25.8. The summed E-state index contributed by atoms with van der Waals surface area (Å²) in [6.45, 7) is 4.69. The summed E-state index contributed by atoms with van der Waals surface area (Å²) in [5.41, 5.74) is 10.6. The number of aromatic nitrogens is 5. The van der Waals surface area contributed by atoms with Crippen molar-refractivity contribution in [2.75, 3.05) is 55.6 Å². The van der Waals surface area contributed by atoms with Gasteiger partial charge in [-0.1, -0.05) is 6.08 Å². The Bertz CT molecular complexity index is 1150. The molecule has 0 saturated carbocycles. The Morgan fingerprint density at radius 1 is 0.972 bits per heavy atom. The lowest BCUT2D eigenvalue weighted by atomic mass is 9.95. The standard InChI is InChI=1S/C22H28F2N10O2/c1-2-3-15(35)32-6-4-13(5-7-32)19(36)33-8-10-34(11-9-33)22-30-18(29-21(26)31-22)14-12-27-20(25)28-16(14)17(23)24/h2-3,12-13,17H,4-11H2,1H3,(H2,25,27,28)(H2,26,29,30,31)/b3-2+. The number of rotatable bonds is 5. The quantitative estimate of drug-likeness (QED) is 0.562. The maximum absolute atomic E-state index is 13.5. The van der Waals surface area contributed by atoms with E-state index in [1.165, 1.54) is 6.08 Å². The molecule has 0 aliphatic carbocycles. The van der Waals surface area contributed by atoms with Crippen molar-refractivity contribution in [3.8, 4) is 11.4 Å². The van der Waals surface area contributed by atoms with Crippen molar-refractivity contribution >= 4 is 29.7 Å². The second kappa shape index (κ2) is 10.7. The lowest BCUT2D eigenvalue weighted by Crippen LogP contribution is -2.52. The molecule has 4 heterocycles. The van der Waals surface area contributed by atoms with Crippen LogP contribution in [0.3, 0.4) is 0 Å². The average Bonchev–Trinajstić information content (AvgIpc) is 2.88. The summed E-state index contributed by atoms with van der Waals surface area (Å²) in [5.74, 6) is -0.354. The number of anilines is 3. The van der Waals surface area contributed by atoms with E-state index in [2.05, 4.69) is 24.9 Å². The van der Waals surface area contributed by atoms with Gasteiger partial charge in [0.1, 0.15) is 5.69 Å². The third-order valence-corrected chi connectivity index (χ3v) is 6.26. The van der Waals surface area contributed by atoms with Crippen LogP contribution in [0.25, 0.3) is 11.4 Å². The number of piperazine rings is 1. The second-order valence-corrected chi connectivity index (χ2v) is 8.56. The summed E-state index contributed by atoms with van der Waals surface area (Å²) < 4.78 is 27.0. The number of piperidine rings is 1. The fourth-order valence-electron chi connectivity index (χ4n) is 4.37. The van der Waals surface area contributed by atoms with Gasteiger partial charge in [0.25, 0.3) is 6.43 Å². The summed E-state index contributed by atoms with van der Waals surface area (Å²) in [6.07, 6.45) is 2.74. The van der Waals surface area contributed by atoms with Gasteiger partial charge >= 0.3 is 0 Å². The monoisotopic (exact) mass is 502 g/mol. The van der Waals surface area contributed by atoms with E-state index in [0.29, 0.717) is 52.1 Å². The van der Waals surface area contributed by atoms with Gasteiger partial charge in [-0.25, -0.2) is 18.7 Å². The summed E-state index contributed by atoms with van der Waals surface area (Å²) in [5, 5.41) is 0. The molecule has 0 atom stereocenters. The summed E-state index contributed by atoms with van der Waals surface area (Å²) in [6, 6.07) is 0. The topological polar surface area (TPSA) is 160 Å². The zero-order valence-corrected chi connectivity index (χ0v) is 19.8. The van der Waals surface area contributed by atoms with Crippen molar-refractivity contribution < 1.29 is 18.4 Å². The third kappa shape index (κ3) is 5.47. The molecule has 12 nitrogen and oxygen atoms in total. The first-order valence-electron chi connectivity index (χ1n) is 11.6. The molecule has 4 rings (SSSR count). The molecule has 192 valence electrons. The van der Waals surface area contributed by atoms with E-state index in [4.69, 9.17) is 11.5 Å². The van der Waals surface area contributed by atoms with Gasteiger partial charge in [-0.2, -0.15) is 15.0 Å². The fraction of sp³-hybridized carbons (Fsp3) is 0.500. The van der Waals surface area contributed by atoms with E-state index >= 15 is 0 Å². The number of nitrogens with two attached hydrogens (primary N) is 2. The van der Waals surface area contributed by atoms with Crippen molar-refractivity contribution in [1.29, 1.82) is 0 Å². The van der Waals surface area contributed by atoms with Crippen LogP contribution in [0.5, 0.6) is 0 Å². The van der Waals surface area contributed by atoms with Crippen LogP contribution < -0.4 is 16.4 Å². The van der Waals surface area contributed by atoms with E-state index in [-0.39, 0.29) is 47.0 Å². The predicted molar refractivity (Wildman–Crippen MR) is 128 cm³/mol. The van der Waals surface area contributed by atoms with Gasteiger partial charge in [-0.15, -0.1) is 0 Å². The highest BCUT2D eigenvalue weighted by atomic mass is 19.3. The Labute approximate surface area is 206 Å². The Kier molecular flexibility index (Phi) is 7.50. The second-order valence-electron chi connectivity index (χ2n) is 8.56. The largest absolute Gasteiger partial charge is 0.368 e. The highest BCUT2D eigenvalue weighted by Crippen LogP contribution is 2.29. The van der Waals surface area contributed by atoms with Crippen molar-refractivity contribution in [2.45, 2.75) is 26.2 Å². The predicted octanol–water partition coefficient (Wildman–Crippen LogP) is 0.894. The molecule has 2 aromatic heterocycles. The molecule has 14 heteroatoms. The molecule has 0 aromatic carbocycles. The summed E-state index contributed by atoms with van der Waals surface area (Å²) >= 11 is 0. The van der Waals surface area contributed by atoms with Gasteiger partial charge in [0.05, 0.1) is 5.56 Å². The number of allylic oxidation sites excluding steroid dienone is 1. The van der Waals surface area contributed by atoms with E-state index < -0.39 is 12.1 Å². The minimum atomic E-state index is -2.91. The maximum atomic E-state index is 13.5. The molecular weight excluding hydrogens is 474 g/mol. The molecule has 36 heavy (non-hydrogen) atoms. The Morgan fingerprint density at radius 2 is 1.67 bits per heavy atom. The van der Waals surface area contributed by atoms with Gasteiger partial charge < -0.3 is 26.2 Å². The van der Waals surface area contributed by atoms with Crippen molar-refractivity contribution in [3.05, 3.63) is 24.0 Å². The summed E-state index contributed by atoms with van der Waals surface area (Å²) in [7, 11) is 0. The number of hydrogen-bond donors (Lipinski definition) is 2. The first-order chi connectivity index (χ1) is 17.3. The number of carbonyl (C=O) groups is 2. The van der Waals surface area contributed by atoms with E-state index in [0.717, 1.165) is 6.20 Å². The highest BCUT2D eigenvalue weighted by Gasteiger charge is 2.32. The molecule has 2 saturated heterocycles. The van der Waals surface area contributed by atoms with E-state index in [9.17, 15) is 18.4 Å². The first kappa shape index (κ1) is 25.1. The molecule has 2 aliphatic heterocycles. The van der Waals surface area contributed by atoms with Crippen LogP contribution in [0.15, 0.2) is 18.3 Å². The van der Waals surface area contributed by atoms with Gasteiger partial charge in [-0.05, 0) is 25.8 Å². The number of alkyl halides is 2. The molecule has 2 fully saturated rings. The Morgan fingerprint density at radius 3 is 2.31 bits per heavy atom. The van der Waals surface area contributed by atoms with Crippen LogP contribution in [0.2, 0.25) is 0 Å². The van der Waals surface area contributed by atoms with Crippen LogP contribution in [-0.2, 0) is 9.59 Å². The molecule has 0 bridgehead atoms. The molecule has 0 spiro atoms. The number of hydrogen-bond acceptors (Lipinski definition) is 10. The van der Waals surface area contributed by atoms with Crippen molar-refractivity contribution in [1.82, 2.24) is 34.7 Å².